The van der Waals surface area contributed by atoms with Gasteiger partial charge in [-0.3, -0.25) is 11.3 Å². The van der Waals surface area contributed by atoms with Gasteiger partial charge in [0.1, 0.15) is 0 Å². The Labute approximate surface area is 113 Å². The van der Waals surface area contributed by atoms with Crippen molar-refractivity contribution in [2.75, 3.05) is 0 Å². The molecule has 4 nitrogen and oxygen atoms in total. The Morgan fingerprint density at radius 1 is 1.20 bits per heavy atom. The van der Waals surface area contributed by atoms with E-state index < -0.39 is 11.7 Å². The van der Waals surface area contributed by atoms with Gasteiger partial charge in [0.15, 0.2) is 0 Å². The zero-order valence-corrected chi connectivity index (χ0v) is 10.4. The average molecular weight is 282 g/mol. The smallest absolute Gasteiger partial charge is 0.271 e. The summed E-state index contributed by atoms with van der Waals surface area (Å²) in [4.78, 5) is 0. The van der Waals surface area contributed by atoms with Crippen LogP contribution in [0.4, 0.5) is 13.2 Å². The minimum atomic E-state index is -4.35. The predicted octanol–water partition coefficient (Wildman–Crippen LogP) is 2.24. The first-order valence-corrected chi connectivity index (χ1v) is 5.89. The lowest BCUT2D eigenvalue weighted by Gasteiger charge is -2.16. The van der Waals surface area contributed by atoms with Gasteiger partial charge in [-0.25, -0.2) is 0 Å². The van der Waals surface area contributed by atoms with Crippen LogP contribution in [0.3, 0.4) is 0 Å². The fourth-order valence-corrected chi connectivity index (χ4v) is 1.89. The predicted molar refractivity (Wildman–Crippen MR) is 67.2 cm³/mol. The third kappa shape index (κ3) is 3.52. The van der Waals surface area contributed by atoms with Gasteiger partial charge < -0.3 is 0 Å². The molecule has 0 amide bonds. The fourth-order valence-electron chi connectivity index (χ4n) is 1.89. The minimum Gasteiger partial charge on any atom is -0.271 e. The summed E-state index contributed by atoms with van der Waals surface area (Å²) < 4.78 is 38.0. The van der Waals surface area contributed by atoms with E-state index in [1.54, 1.807) is 12.1 Å². The zero-order chi connectivity index (χ0) is 14.6. The summed E-state index contributed by atoms with van der Waals surface area (Å²) >= 11 is 0. The molecule has 0 aliphatic rings. The molecule has 0 aliphatic heterocycles. The first-order chi connectivity index (χ1) is 9.50. The largest absolute Gasteiger partial charge is 0.416 e. The molecule has 3 N–H and O–H groups in total. The second-order valence-electron chi connectivity index (χ2n) is 4.30. The Balaban J connectivity index is 2.20. The summed E-state index contributed by atoms with van der Waals surface area (Å²) in [5.41, 5.74) is 3.21. The fraction of sp³-hybridized carbons (Fsp3) is 0.231. The van der Waals surface area contributed by atoms with Crippen molar-refractivity contribution in [2.24, 2.45) is 5.84 Å². The molecule has 1 unspecified atom stereocenters. The van der Waals surface area contributed by atoms with Crippen LogP contribution >= 0.6 is 0 Å². The van der Waals surface area contributed by atoms with Crippen LogP contribution in [0, 0.1) is 0 Å². The number of hydrogen-bond donors (Lipinski definition) is 2. The molecular weight excluding hydrogens is 269 g/mol. The van der Waals surface area contributed by atoms with Crippen molar-refractivity contribution < 1.29 is 13.2 Å². The lowest BCUT2D eigenvalue weighted by atomic mass is 9.99. The van der Waals surface area contributed by atoms with E-state index in [9.17, 15) is 13.2 Å². The van der Waals surface area contributed by atoms with Gasteiger partial charge in [0.25, 0.3) is 0 Å². The Morgan fingerprint density at radius 3 is 2.60 bits per heavy atom. The van der Waals surface area contributed by atoms with Crippen LogP contribution in [-0.4, -0.2) is 10.2 Å². The molecule has 0 saturated carbocycles. The highest BCUT2D eigenvalue weighted by Gasteiger charge is 2.30. The summed E-state index contributed by atoms with van der Waals surface area (Å²) in [7, 11) is 0. The second kappa shape index (κ2) is 5.98. The van der Waals surface area contributed by atoms with Crippen molar-refractivity contribution >= 4 is 0 Å². The number of nitrogens with one attached hydrogen (secondary N) is 1. The van der Waals surface area contributed by atoms with Gasteiger partial charge >= 0.3 is 6.18 Å². The van der Waals surface area contributed by atoms with E-state index >= 15 is 0 Å². The number of nitrogens with zero attached hydrogens (tertiary/aromatic N) is 2. The molecule has 106 valence electrons. The highest BCUT2D eigenvalue weighted by Crippen LogP contribution is 2.30. The third-order valence-corrected chi connectivity index (χ3v) is 2.90. The number of nitrogens with two attached hydrogens (primary N) is 1. The first-order valence-electron chi connectivity index (χ1n) is 5.89. The topological polar surface area (TPSA) is 63.8 Å². The van der Waals surface area contributed by atoms with E-state index in [-0.39, 0.29) is 6.04 Å². The lowest BCUT2D eigenvalue weighted by molar-refractivity contribution is -0.137. The van der Waals surface area contributed by atoms with Crippen LogP contribution in [0.5, 0.6) is 0 Å². The number of aromatic nitrogens is 2. The Bertz CT molecular complexity index is 557. The van der Waals surface area contributed by atoms with Gasteiger partial charge in [0, 0.05) is 6.20 Å². The van der Waals surface area contributed by atoms with Crippen molar-refractivity contribution in [1.29, 1.82) is 0 Å². The van der Waals surface area contributed by atoms with E-state index in [0.717, 1.165) is 17.7 Å². The maximum absolute atomic E-state index is 12.7. The monoisotopic (exact) mass is 282 g/mol. The van der Waals surface area contributed by atoms with Crippen LogP contribution in [-0.2, 0) is 12.6 Å². The molecule has 1 aromatic carbocycles. The van der Waals surface area contributed by atoms with Crippen molar-refractivity contribution in [2.45, 2.75) is 18.6 Å². The number of alkyl halides is 3. The summed E-state index contributed by atoms with van der Waals surface area (Å²) in [6.07, 6.45) is -0.990. The zero-order valence-electron chi connectivity index (χ0n) is 10.4. The highest BCUT2D eigenvalue weighted by molar-refractivity contribution is 5.27. The number of hydrazine groups is 1. The maximum Gasteiger partial charge on any atom is 0.416 e. The van der Waals surface area contributed by atoms with Crippen molar-refractivity contribution in [3.8, 4) is 0 Å². The summed E-state index contributed by atoms with van der Waals surface area (Å²) in [5.74, 6) is 5.46. The molecular formula is C13H13F3N4. The van der Waals surface area contributed by atoms with Gasteiger partial charge in [0.05, 0.1) is 17.8 Å². The number of benzene rings is 1. The van der Waals surface area contributed by atoms with E-state index in [1.165, 1.54) is 18.5 Å². The van der Waals surface area contributed by atoms with Crippen molar-refractivity contribution in [3.63, 3.8) is 0 Å². The second-order valence-corrected chi connectivity index (χ2v) is 4.30. The van der Waals surface area contributed by atoms with Crippen molar-refractivity contribution in [1.82, 2.24) is 15.6 Å². The van der Waals surface area contributed by atoms with Gasteiger partial charge in [-0.15, -0.1) is 0 Å². The normalized spacial score (nSPS) is 13.2. The summed E-state index contributed by atoms with van der Waals surface area (Å²) in [6, 6.07) is 6.57. The third-order valence-electron chi connectivity index (χ3n) is 2.90. The maximum atomic E-state index is 12.7. The van der Waals surface area contributed by atoms with Gasteiger partial charge in [-0.2, -0.15) is 23.4 Å². The highest BCUT2D eigenvalue weighted by atomic mass is 19.4. The van der Waals surface area contributed by atoms with Crippen LogP contribution in [0.25, 0.3) is 0 Å². The van der Waals surface area contributed by atoms with Crippen LogP contribution in [0.1, 0.15) is 22.7 Å². The van der Waals surface area contributed by atoms with Crippen molar-refractivity contribution in [3.05, 3.63) is 59.4 Å². The molecule has 0 fully saturated rings. The molecule has 1 aromatic heterocycles. The molecule has 20 heavy (non-hydrogen) atoms. The summed E-state index contributed by atoms with van der Waals surface area (Å²) in [6.45, 7) is 0. The standard InChI is InChI=1S/C13H13F3N4/c14-13(15,16)11-3-1-2-9(6-11)7-12(20-17)10-4-5-18-19-8-10/h1-6,8,12,20H,7,17H2. The van der Waals surface area contributed by atoms with Crippen LogP contribution in [0.15, 0.2) is 42.7 Å². The Kier molecular flexibility index (Phi) is 4.31. The van der Waals surface area contributed by atoms with E-state index in [1.807, 2.05) is 0 Å². The number of rotatable bonds is 4. The Hall–Kier alpha value is -1.99. The lowest BCUT2D eigenvalue weighted by Crippen LogP contribution is -2.29. The first kappa shape index (κ1) is 14.4. The quantitative estimate of drug-likeness (QED) is 0.667. The minimum absolute atomic E-state index is 0.325. The summed E-state index contributed by atoms with van der Waals surface area (Å²) in [5, 5.41) is 7.37. The average Bonchev–Trinajstić information content (AvgIpc) is 2.45. The molecule has 1 atom stereocenters. The van der Waals surface area contributed by atoms with Crippen LogP contribution in [0.2, 0.25) is 0 Å². The molecule has 1 heterocycles. The van der Waals surface area contributed by atoms with Gasteiger partial charge in [-0.1, -0.05) is 18.2 Å². The van der Waals surface area contributed by atoms with E-state index in [2.05, 4.69) is 15.6 Å². The number of halogens is 3. The molecule has 0 bridgehead atoms. The van der Waals surface area contributed by atoms with Gasteiger partial charge in [-0.05, 0) is 29.7 Å². The molecule has 0 radical (unpaired) electrons. The molecule has 7 heteroatoms. The SMILES string of the molecule is NNC(Cc1cccc(C(F)(F)F)c1)c1ccnnc1. The van der Waals surface area contributed by atoms with E-state index in [4.69, 9.17) is 5.84 Å². The molecule has 0 spiro atoms. The van der Waals surface area contributed by atoms with E-state index in [0.29, 0.717) is 12.0 Å². The van der Waals surface area contributed by atoms with Crippen LogP contribution < -0.4 is 11.3 Å². The molecule has 2 rings (SSSR count). The Morgan fingerprint density at radius 2 is 2.00 bits per heavy atom. The molecule has 0 aliphatic carbocycles. The molecule has 0 saturated heterocycles. The van der Waals surface area contributed by atoms with Gasteiger partial charge in [0.2, 0.25) is 0 Å². The number of hydrogen-bond acceptors (Lipinski definition) is 4. The molecule has 2 aromatic rings.